The van der Waals surface area contributed by atoms with Crippen molar-refractivity contribution in [1.82, 2.24) is 10.6 Å². The maximum atomic E-state index is 12.4. The van der Waals surface area contributed by atoms with Gasteiger partial charge in [-0.1, -0.05) is 37.8 Å². The Kier molecular flexibility index (Phi) is 16.6. The van der Waals surface area contributed by atoms with Crippen LogP contribution in [0.2, 0.25) is 0 Å². The second-order valence-corrected chi connectivity index (χ2v) is 14.1. The molecule has 4 unspecified atom stereocenters. The number of hydrogen-bond acceptors (Lipinski definition) is 14. The number of rotatable bonds is 14. The molecule has 2 aliphatic heterocycles. The monoisotopic (exact) mass is 804 g/mol. The number of carbonyl (C=O) groups excluding carboxylic acids is 6. The number of nitrogens with zero attached hydrogens (tertiary/aromatic N) is 2. The molecule has 2 N–H and O–H groups in total. The Morgan fingerprint density at radius 2 is 0.966 bits per heavy atom. The number of ether oxygens (including phenoxy) is 6. The molecule has 6 rings (SSSR count). The number of esters is 4. The smallest absolute Gasteiger partial charge is 0.309 e. The fourth-order valence-corrected chi connectivity index (χ4v) is 7.35. The van der Waals surface area contributed by atoms with Crippen molar-refractivity contribution >= 4 is 47.5 Å². The molecule has 4 aliphatic rings. The first-order chi connectivity index (χ1) is 28.2. The average molecular weight is 805 g/mol. The van der Waals surface area contributed by atoms with Gasteiger partial charge in [-0.3, -0.25) is 28.8 Å². The summed E-state index contributed by atoms with van der Waals surface area (Å²) in [5.74, 6) is -2.85. The van der Waals surface area contributed by atoms with E-state index in [9.17, 15) is 28.8 Å². The van der Waals surface area contributed by atoms with E-state index in [0.717, 1.165) is 36.8 Å². The number of nitrogens with one attached hydrogen (secondary N) is 2. The van der Waals surface area contributed by atoms with Gasteiger partial charge in [-0.2, -0.15) is 0 Å². The van der Waals surface area contributed by atoms with Crippen LogP contribution in [0.3, 0.4) is 0 Å². The van der Waals surface area contributed by atoms with Gasteiger partial charge in [0.25, 0.3) is 11.8 Å². The van der Waals surface area contributed by atoms with Gasteiger partial charge in [0.1, 0.15) is 26.4 Å². The van der Waals surface area contributed by atoms with E-state index in [-0.39, 0.29) is 50.1 Å². The highest BCUT2D eigenvalue weighted by Crippen LogP contribution is 2.33. The molecule has 0 radical (unpaired) electrons. The standard InChI is InChI=1S/2C21H26N2O6/c2*1-27-20(25)16-7-2-3-8-17(16)21(26)29-12-9-22-18(24)14-5-4-6-15(13-14)19-23-10-11-28-19/h2*4-6,13,16-17H,2-3,7-12H2,1H3,(H,22,24). The third-order valence-corrected chi connectivity index (χ3v) is 10.3. The summed E-state index contributed by atoms with van der Waals surface area (Å²) in [6.07, 6.45) is 6.06. The van der Waals surface area contributed by atoms with Gasteiger partial charge in [0.05, 0.1) is 64.1 Å². The lowest BCUT2D eigenvalue weighted by atomic mass is 9.79. The number of aliphatic imine (C=N–C) groups is 2. The maximum absolute atomic E-state index is 12.4. The Balaban J connectivity index is 0.000000221. The van der Waals surface area contributed by atoms with Gasteiger partial charge in [0, 0.05) is 22.3 Å². The first-order valence-corrected chi connectivity index (χ1v) is 19.8. The summed E-state index contributed by atoms with van der Waals surface area (Å²) < 4.78 is 31.0. The van der Waals surface area contributed by atoms with Crippen molar-refractivity contribution in [2.24, 2.45) is 33.7 Å². The molecule has 16 nitrogen and oxygen atoms in total. The molecule has 0 saturated heterocycles. The number of hydrogen-bond donors (Lipinski definition) is 2. The van der Waals surface area contributed by atoms with Gasteiger partial charge in [-0.15, -0.1) is 0 Å². The first-order valence-electron chi connectivity index (χ1n) is 19.8. The molecule has 0 aromatic heterocycles. The van der Waals surface area contributed by atoms with Crippen LogP contribution in [0.15, 0.2) is 58.5 Å². The van der Waals surface area contributed by atoms with Gasteiger partial charge >= 0.3 is 23.9 Å². The lowest BCUT2D eigenvalue weighted by molar-refractivity contribution is -0.161. The Bertz CT molecular complexity index is 1710. The van der Waals surface area contributed by atoms with Crippen LogP contribution >= 0.6 is 0 Å². The minimum Gasteiger partial charge on any atom is -0.476 e. The largest absolute Gasteiger partial charge is 0.476 e. The average Bonchev–Trinajstić information content (AvgIpc) is 4.03. The van der Waals surface area contributed by atoms with Crippen molar-refractivity contribution in [3.63, 3.8) is 0 Å². The van der Waals surface area contributed by atoms with E-state index < -0.39 is 35.6 Å². The van der Waals surface area contributed by atoms with Crippen LogP contribution < -0.4 is 10.6 Å². The summed E-state index contributed by atoms with van der Waals surface area (Å²) in [6, 6.07) is 14.0. The summed E-state index contributed by atoms with van der Waals surface area (Å²) in [5.41, 5.74) is 2.47. The van der Waals surface area contributed by atoms with Gasteiger partial charge in [-0.25, -0.2) is 9.98 Å². The van der Waals surface area contributed by atoms with E-state index in [1.165, 1.54) is 14.2 Å². The third-order valence-electron chi connectivity index (χ3n) is 10.3. The summed E-state index contributed by atoms with van der Waals surface area (Å²) in [4.78, 5) is 81.7. The Hall–Kier alpha value is -5.80. The molecule has 0 bridgehead atoms. The number of carbonyl (C=O) groups is 6. The van der Waals surface area contributed by atoms with Crippen LogP contribution in [0.5, 0.6) is 0 Å². The van der Waals surface area contributed by atoms with Crippen LogP contribution in [0, 0.1) is 23.7 Å². The highest BCUT2D eigenvalue weighted by Gasteiger charge is 2.38. The van der Waals surface area contributed by atoms with Crippen LogP contribution in [0.4, 0.5) is 0 Å². The van der Waals surface area contributed by atoms with Crippen molar-refractivity contribution in [2.45, 2.75) is 51.4 Å². The predicted molar refractivity (Wildman–Crippen MR) is 209 cm³/mol. The molecular weight excluding hydrogens is 752 g/mol. The van der Waals surface area contributed by atoms with Gasteiger partial charge in [-0.05, 0) is 62.1 Å². The minimum absolute atomic E-state index is 0.0461. The predicted octanol–water partition coefficient (Wildman–Crippen LogP) is 3.43. The molecule has 16 heteroatoms. The Morgan fingerprint density at radius 3 is 1.31 bits per heavy atom. The van der Waals surface area contributed by atoms with Crippen LogP contribution in [-0.2, 0) is 47.6 Å². The molecule has 2 heterocycles. The van der Waals surface area contributed by atoms with Crippen LogP contribution in [-0.4, -0.2) is 114 Å². The van der Waals surface area contributed by atoms with Crippen molar-refractivity contribution in [1.29, 1.82) is 0 Å². The van der Waals surface area contributed by atoms with E-state index in [4.69, 9.17) is 28.4 Å². The van der Waals surface area contributed by atoms with E-state index in [1.54, 1.807) is 36.4 Å². The van der Waals surface area contributed by atoms with Gasteiger partial charge in [0.15, 0.2) is 0 Å². The fourth-order valence-electron chi connectivity index (χ4n) is 7.35. The van der Waals surface area contributed by atoms with Crippen molar-refractivity contribution < 1.29 is 57.2 Å². The normalized spacial score (nSPS) is 20.9. The molecule has 4 atom stereocenters. The lowest BCUT2D eigenvalue weighted by Gasteiger charge is -2.27. The topological polar surface area (TPSA) is 207 Å². The van der Waals surface area contributed by atoms with Crippen molar-refractivity contribution in [3.8, 4) is 0 Å². The summed E-state index contributed by atoms with van der Waals surface area (Å²) in [6.45, 7) is 2.80. The quantitative estimate of drug-likeness (QED) is 0.160. The molecule has 58 heavy (non-hydrogen) atoms. The molecule has 2 fully saturated rings. The zero-order valence-electron chi connectivity index (χ0n) is 33.0. The van der Waals surface area contributed by atoms with E-state index in [1.807, 2.05) is 12.1 Å². The SMILES string of the molecule is COC(=O)C1CCCCC1C(=O)OCCNC(=O)c1cccc(C2=NCCO2)c1.COC(=O)C1CCCCC1C(=O)OCCNC(=O)c1cccc(C2=NCCO2)c1. The number of methoxy groups -OCH3 is 2. The lowest BCUT2D eigenvalue weighted by Crippen LogP contribution is -2.36. The summed E-state index contributed by atoms with van der Waals surface area (Å²) >= 11 is 0. The second kappa shape index (κ2) is 22.2. The molecular formula is C42H52N4O12. The first kappa shape index (κ1) is 43.3. The molecule has 312 valence electrons. The molecule has 2 saturated carbocycles. The minimum atomic E-state index is -0.476. The Morgan fingerprint density at radius 1 is 0.586 bits per heavy atom. The fraction of sp³-hybridized carbons (Fsp3) is 0.524. The van der Waals surface area contributed by atoms with Crippen LogP contribution in [0.25, 0.3) is 0 Å². The highest BCUT2D eigenvalue weighted by molar-refractivity contribution is 6.01. The molecule has 0 spiro atoms. The summed E-state index contributed by atoms with van der Waals surface area (Å²) in [7, 11) is 2.66. The van der Waals surface area contributed by atoms with E-state index >= 15 is 0 Å². The number of amides is 2. The highest BCUT2D eigenvalue weighted by atomic mass is 16.5. The molecule has 2 aliphatic carbocycles. The summed E-state index contributed by atoms with van der Waals surface area (Å²) in [5, 5.41) is 5.46. The van der Waals surface area contributed by atoms with Gasteiger partial charge < -0.3 is 39.1 Å². The van der Waals surface area contributed by atoms with Crippen LogP contribution in [0.1, 0.15) is 83.2 Å². The Labute approximate surface area is 337 Å². The number of benzene rings is 2. The second-order valence-electron chi connectivity index (χ2n) is 14.1. The molecule has 2 amide bonds. The van der Waals surface area contributed by atoms with E-state index in [2.05, 4.69) is 20.6 Å². The zero-order valence-corrected chi connectivity index (χ0v) is 33.0. The molecule has 2 aromatic carbocycles. The third kappa shape index (κ3) is 12.1. The van der Waals surface area contributed by atoms with Gasteiger partial charge in [0.2, 0.25) is 11.8 Å². The molecule has 2 aromatic rings. The van der Waals surface area contributed by atoms with Crippen molar-refractivity contribution in [3.05, 3.63) is 70.8 Å². The van der Waals surface area contributed by atoms with E-state index in [0.29, 0.717) is 74.9 Å². The maximum Gasteiger partial charge on any atom is 0.309 e. The zero-order chi connectivity index (χ0) is 41.3. The van der Waals surface area contributed by atoms with Crippen molar-refractivity contribution in [2.75, 3.05) is 66.8 Å².